The van der Waals surface area contributed by atoms with Crippen LogP contribution in [0.25, 0.3) is 33.4 Å². The van der Waals surface area contributed by atoms with E-state index in [1.165, 1.54) is 154 Å². The SMILES string of the molecule is CC(C)(C)c1cccc2c1-c1ccc(N(c3ccc4c(c3)C(C)(C)c3ccccc3-4)c3ccc(C4CCCCC4)cc3-c3ccc(C4CCCCC4)cc3)cc1C2(C)C. The Kier molecular flexibility index (Phi) is 9.35. The number of nitrogens with zero attached hydrogens (tertiary/aromatic N) is 1. The summed E-state index contributed by atoms with van der Waals surface area (Å²) in [4.78, 5) is 2.61. The molecule has 0 unspecified atom stereocenters. The summed E-state index contributed by atoms with van der Waals surface area (Å²) < 4.78 is 0. The summed E-state index contributed by atoms with van der Waals surface area (Å²) in [5.41, 5.74) is 21.9. The predicted molar refractivity (Wildman–Crippen MR) is 252 cm³/mol. The molecule has 2 fully saturated rings. The fraction of sp³-hybridized carbons (Fsp3) is 0.379. The van der Waals surface area contributed by atoms with Crippen LogP contribution >= 0.6 is 0 Å². The van der Waals surface area contributed by atoms with E-state index in [9.17, 15) is 0 Å². The van der Waals surface area contributed by atoms with Crippen LogP contribution in [0, 0.1) is 0 Å². The summed E-state index contributed by atoms with van der Waals surface area (Å²) >= 11 is 0. The summed E-state index contributed by atoms with van der Waals surface area (Å²) in [6.07, 6.45) is 13.4. The van der Waals surface area contributed by atoms with Gasteiger partial charge in [-0.05, 0) is 146 Å². The van der Waals surface area contributed by atoms with E-state index in [1.807, 2.05) is 0 Å². The van der Waals surface area contributed by atoms with Gasteiger partial charge in [0, 0.05) is 27.8 Å². The smallest absolute Gasteiger partial charge is 0.0540 e. The molecule has 0 atom stereocenters. The summed E-state index contributed by atoms with van der Waals surface area (Å²) in [5, 5.41) is 0. The molecule has 2 saturated carbocycles. The maximum absolute atomic E-state index is 2.61. The van der Waals surface area contributed by atoms with Crippen LogP contribution in [0.3, 0.4) is 0 Å². The second-order valence-corrected chi connectivity index (χ2v) is 20.6. The zero-order chi connectivity index (χ0) is 40.7. The van der Waals surface area contributed by atoms with Gasteiger partial charge in [0.2, 0.25) is 0 Å². The highest BCUT2D eigenvalue weighted by Gasteiger charge is 2.40. The Bertz CT molecular complexity index is 2540. The zero-order valence-corrected chi connectivity index (χ0v) is 36.7. The second-order valence-electron chi connectivity index (χ2n) is 20.6. The minimum atomic E-state index is -0.127. The lowest BCUT2D eigenvalue weighted by Crippen LogP contribution is -2.18. The van der Waals surface area contributed by atoms with Gasteiger partial charge in [0.25, 0.3) is 0 Å². The molecule has 0 heterocycles. The first-order valence-corrected chi connectivity index (χ1v) is 23.0. The van der Waals surface area contributed by atoms with Crippen LogP contribution in [-0.2, 0) is 16.2 Å². The third-order valence-electron chi connectivity index (χ3n) is 15.2. The van der Waals surface area contributed by atoms with E-state index in [0.717, 1.165) is 0 Å². The van der Waals surface area contributed by atoms with Gasteiger partial charge in [-0.1, -0.05) is 172 Å². The number of hydrogen-bond donors (Lipinski definition) is 0. The van der Waals surface area contributed by atoms with Gasteiger partial charge in [0.1, 0.15) is 0 Å². The molecule has 59 heavy (non-hydrogen) atoms. The third-order valence-corrected chi connectivity index (χ3v) is 15.2. The summed E-state index contributed by atoms with van der Waals surface area (Å²) in [6.45, 7) is 16.8. The van der Waals surface area contributed by atoms with Gasteiger partial charge < -0.3 is 4.90 Å². The van der Waals surface area contributed by atoms with E-state index in [0.29, 0.717) is 11.8 Å². The van der Waals surface area contributed by atoms with Crippen LogP contribution in [0.1, 0.15) is 163 Å². The van der Waals surface area contributed by atoms with Crippen molar-refractivity contribution < 1.29 is 0 Å². The van der Waals surface area contributed by atoms with Crippen LogP contribution in [-0.4, -0.2) is 0 Å². The number of anilines is 3. The van der Waals surface area contributed by atoms with Gasteiger partial charge in [-0.3, -0.25) is 0 Å². The maximum Gasteiger partial charge on any atom is 0.0540 e. The molecule has 0 aliphatic heterocycles. The summed E-state index contributed by atoms with van der Waals surface area (Å²) in [6, 6.07) is 48.1. The first-order chi connectivity index (χ1) is 28.4. The zero-order valence-electron chi connectivity index (χ0n) is 36.7. The Hall–Kier alpha value is -4.88. The van der Waals surface area contributed by atoms with Crippen molar-refractivity contribution in [1.82, 2.24) is 0 Å². The van der Waals surface area contributed by atoms with Crippen molar-refractivity contribution in [2.45, 2.75) is 141 Å². The molecule has 0 bridgehead atoms. The van der Waals surface area contributed by atoms with Gasteiger partial charge in [-0.2, -0.15) is 0 Å². The molecule has 6 aromatic rings. The van der Waals surface area contributed by atoms with Crippen molar-refractivity contribution in [2.24, 2.45) is 0 Å². The van der Waals surface area contributed by atoms with E-state index in [1.54, 1.807) is 0 Å². The Morgan fingerprint density at radius 3 is 1.66 bits per heavy atom. The highest BCUT2D eigenvalue weighted by molar-refractivity contribution is 5.93. The lowest BCUT2D eigenvalue weighted by atomic mass is 9.79. The Labute approximate surface area is 354 Å². The molecule has 1 heteroatoms. The fourth-order valence-electron chi connectivity index (χ4n) is 11.8. The van der Waals surface area contributed by atoms with E-state index >= 15 is 0 Å². The normalized spacial score (nSPS) is 18.2. The lowest BCUT2D eigenvalue weighted by Gasteiger charge is -2.32. The Morgan fingerprint density at radius 2 is 1.00 bits per heavy atom. The first-order valence-electron chi connectivity index (χ1n) is 23.0. The monoisotopic (exact) mass is 773 g/mol. The first kappa shape index (κ1) is 38.3. The highest BCUT2D eigenvalue weighted by Crippen LogP contribution is 2.55. The van der Waals surface area contributed by atoms with Gasteiger partial charge in [-0.25, -0.2) is 0 Å². The molecule has 0 aromatic heterocycles. The largest absolute Gasteiger partial charge is 0.310 e. The van der Waals surface area contributed by atoms with Crippen LogP contribution in [0.4, 0.5) is 17.1 Å². The van der Waals surface area contributed by atoms with Crippen LogP contribution < -0.4 is 4.90 Å². The fourth-order valence-corrected chi connectivity index (χ4v) is 11.8. The molecule has 0 spiro atoms. The second kappa shape index (κ2) is 14.4. The molecule has 300 valence electrons. The number of hydrogen-bond acceptors (Lipinski definition) is 1. The number of fused-ring (bicyclic) bond motifs is 6. The molecule has 6 aromatic carbocycles. The van der Waals surface area contributed by atoms with Crippen molar-refractivity contribution in [2.75, 3.05) is 4.90 Å². The summed E-state index contributed by atoms with van der Waals surface area (Å²) in [7, 11) is 0. The van der Waals surface area contributed by atoms with Crippen LogP contribution in [0.2, 0.25) is 0 Å². The Balaban J connectivity index is 1.18. The van der Waals surface area contributed by atoms with Crippen LogP contribution in [0.15, 0.2) is 121 Å². The minimum Gasteiger partial charge on any atom is -0.310 e. The molecule has 10 rings (SSSR count). The van der Waals surface area contributed by atoms with E-state index in [2.05, 4.69) is 175 Å². The van der Waals surface area contributed by atoms with Crippen molar-refractivity contribution >= 4 is 17.1 Å². The average Bonchev–Trinajstić information content (AvgIpc) is 3.63. The van der Waals surface area contributed by atoms with E-state index < -0.39 is 0 Å². The van der Waals surface area contributed by atoms with Crippen molar-refractivity contribution in [3.05, 3.63) is 160 Å². The van der Waals surface area contributed by atoms with Crippen molar-refractivity contribution in [3.63, 3.8) is 0 Å². The van der Waals surface area contributed by atoms with Gasteiger partial charge >= 0.3 is 0 Å². The van der Waals surface area contributed by atoms with Crippen molar-refractivity contribution in [1.29, 1.82) is 0 Å². The van der Waals surface area contributed by atoms with E-state index in [4.69, 9.17) is 0 Å². The Morgan fingerprint density at radius 1 is 0.458 bits per heavy atom. The number of rotatable bonds is 6. The molecular formula is C58H63N. The lowest BCUT2D eigenvalue weighted by molar-refractivity contribution is 0.443. The number of benzene rings is 6. The molecule has 1 nitrogen and oxygen atoms in total. The predicted octanol–water partition coefficient (Wildman–Crippen LogP) is 16.8. The van der Waals surface area contributed by atoms with Gasteiger partial charge in [-0.15, -0.1) is 0 Å². The van der Waals surface area contributed by atoms with E-state index in [-0.39, 0.29) is 16.2 Å². The molecular weight excluding hydrogens is 711 g/mol. The molecule has 0 N–H and O–H groups in total. The topological polar surface area (TPSA) is 3.24 Å². The highest BCUT2D eigenvalue weighted by atomic mass is 15.1. The van der Waals surface area contributed by atoms with Crippen molar-refractivity contribution in [3.8, 4) is 33.4 Å². The standard InChI is InChI=1S/C58H63N/c1-56(2,3)50-23-16-24-51-55(50)47-33-31-44(37-53(47)58(51,6)7)59(43-30-32-46-45-21-14-15-22-49(45)57(4,5)52(46)36-43)54-34-29-42(39-19-12-9-13-20-39)35-48(54)41-27-25-40(26-28-41)38-17-10-8-11-18-38/h14-16,21-39H,8-13,17-20H2,1-7H3. The molecule has 0 radical (unpaired) electrons. The van der Waals surface area contributed by atoms with Gasteiger partial charge in [0.15, 0.2) is 0 Å². The average molecular weight is 774 g/mol. The molecule has 0 saturated heterocycles. The molecule has 4 aliphatic carbocycles. The maximum atomic E-state index is 2.61. The summed E-state index contributed by atoms with van der Waals surface area (Å²) in [5.74, 6) is 1.32. The molecule has 0 amide bonds. The quantitative estimate of drug-likeness (QED) is 0.163. The van der Waals surface area contributed by atoms with Gasteiger partial charge in [0.05, 0.1) is 5.69 Å². The minimum absolute atomic E-state index is 0.0457. The molecule has 4 aliphatic rings. The van der Waals surface area contributed by atoms with Crippen LogP contribution in [0.5, 0.6) is 0 Å². The third kappa shape index (κ3) is 6.41.